The van der Waals surface area contributed by atoms with Crippen LogP contribution in [-0.4, -0.2) is 70.5 Å². The average Bonchev–Trinajstić information content (AvgIpc) is 3.39. The smallest absolute Gasteiger partial charge is 0.391 e. The number of rotatable bonds is 7. The number of nitrogens with one attached hydrogen (secondary N) is 1. The lowest BCUT2D eigenvalue weighted by Gasteiger charge is -2.35. The molecule has 2 aromatic rings. The van der Waals surface area contributed by atoms with Gasteiger partial charge in [0, 0.05) is 49.7 Å². The van der Waals surface area contributed by atoms with Crippen molar-refractivity contribution in [3.63, 3.8) is 0 Å². The van der Waals surface area contributed by atoms with Crippen molar-refractivity contribution >= 4 is 16.9 Å². The van der Waals surface area contributed by atoms with E-state index >= 15 is 0 Å². The lowest BCUT2D eigenvalue weighted by Crippen LogP contribution is -2.44. The first-order valence-corrected chi connectivity index (χ1v) is 13.7. The van der Waals surface area contributed by atoms with E-state index in [9.17, 15) is 13.2 Å². The molecule has 0 spiro atoms. The van der Waals surface area contributed by atoms with Crippen molar-refractivity contribution in [2.24, 2.45) is 5.92 Å². The molecule has 204 valence electrons. The molecule has 7 nitrogen and oxygen atoms in total. The first-order chi connectivity index (χ1) is 17.7. The third kappa shape index (κ3) is 6.63. The van der Waals surface area contributed by atoms with Gasteiger partial charge in [-0.3, -0.25) is 4.90 Å². The van der Waals surface area contributed by atoms with Gasteiger partial charge in [-0.2, -0.15) is 13.2 Å². The molecule has 2 aromatic heterocycles. The van der Waals surface area contributed by atoms with Crippen molar-refractivity contribution in [1.82, 2.24) is 19.9 Å². The number of pyridine rings is 1. The number of hydrogen-bond acceptors (Lipinski definition) is 7. The minimum absolute atomic E-state index is 0.0558. The lowest BCUT2D eigenvalue weighted by atomic mass is 9.79. The normalized spacial score (nSPS) is 26.9. The molecule has 5 rings (SSSR count). The number of piperidine rings is 1. The molecule has 2 saturated heterocycles. The fourth-order valence-electron chi connectivity index (χ4n) is 6.00. The number of aromatic nitrogens is 3. The third-order valence-electron chi connectivity index (χ3n) is 8.16. The summed E-state index contributed by atoms with van der Waals surface area (Å²) in [5, 5.41) is 3.57. The van der Waals surface area contributed by atoms with Gasteiger partial charge in [0.25, 0.3) is 0 Å². The predicted molar refractivity (Wildman–Crippen MR) is 136 cm³/mol. The van der Waals surface area contributed by atoms with E-state index in [-0.39, 0.29) is 12.1 Å². The van der Waals surface area contributed by atoms with Crippen molar-refractivity contribution in [3.05, 3.63) is 18.0 Å². The molecule has 37 heavy (non-hydrogen) atoms. The molecule has 4 heterocycles. The third-order valence-corrected chi connectivity index (χ3v) is 8.16. The summed E-state index contributed by atoms with van der Waals surface area (Å²) in [5.74, 6) is 1.75. The Morgan fingerprint density at radius 3 is 2.51 bits per heavy atom. The van der Waals surface area contributed by atoms with Crippen LogP contribution in [0.4, 0.5) is 19.1 Å². The monoisotopic (exact) mass is 521 g/mol. The summed E-state index contributed by atoms with van der Waals surface area (Å²) in [7, 11) is 0. The van der Waals surface area contributed by atoms with Gasteiger partial charge in [0.1, 0.15) is 6.10 Å². The average molecular weight is 522 g/mol. The van der Waals surface area contributed by atoms with E-state index in [2.05, 4.69) is 22.1 Å². The number of halogens is 3. The zero-order valence-corrected chi connectivity index (χ0v) is 21.8. The van der Waals surface area contributed by atoms with Crippen LogP contribution in [0.3, 0.4) is 0 Å². The Balaban J connectivity index is 1.36. The molecule has 1 saturated carbocycles. The van der Waals surface area contributed by atoms with Crippen molar-refractivity contribution in [1.29, 1.82) is 0 Å². The van der Waals surface area contributed by atoms with E-state index in [0.29, 0.717) is 23.8 Å². The highest BCUT2D eigenvalue weighted by atomic mass is 19.4. The van der Waals surface area contributed by atoms with Gasteiger partial charge in [0.15, 0.2) is 0 Å². The molecular formula is C27H38F3N5O2. The van der Waals surface area contributed by atoms with Gasteiger partial charge in [0.2, 0.25) is 11.8 Å². The van der Waals surface area contributed by atoms with Gasteiger partial charge in [-0.05, 0) is 50.9 Å². The summed E-state index contributed by atoms with van der Waals surface area (Å²) < 4.78 is 50.6. The van der Waals surface area contributed by atoms with Crippen LogP contribution in [0.25, 0.3) is 10.9 Å². The second kappa shape index (κ2) is 11.3. The Labute approximate surface area is 216 Å². The number of hydrogen-bond donors (Lipinski definition) is 1. The first-order valence-electron chi connectivity index (χ1n) is 13.7. The largest absolute Gasteiger partial charge is 0.474 e. The van der Waals surface area contributed by atoms with Crippen LogP contribution in [0.5, 0.6) is 5.88 Å². The number of nitrogens with zero attached hydrogens (tertiary/aromatic N) is 4. The molecule has 0 aromatic carbocycles. The van der Waals surface area contributed by atoms with Crippen molar-refractivity contribution in [2.75, 3.05) is 31.6 Å². The Morgan fingerprint density at radius 2 is 1.84 bits per heavy atom. The topological polar surface area (TPSA) is 72.4 Å². The zero-order chi connectivity index (χ0) is 26.0. The highest BCUT2D eigenvalue weighted by Gasteiger charge is 2.31. The van der Waals surface area contributed by atoms with Crippen LogP contribution >= 0.6 is 0 Å². The number of fused-ring (bicyclic) bond motifs is 1. The van der Waals surface area contributed by atoms with Gasteiger partial charge in [-0.25, -0.2) is 15.0 Å². The van der Waals surface area contributed by atoms with Crippen molar-refractivity contribution in [2.45, 2.75) is 95.5 Å². The Hall–Kier alpha value is -2.20. The van der Waals surface area contributed by atoms with Gasteiger partial charge >= 0.3 is 6.18 Å². The van der Waals surface area contributed by atoms with E-state index in [1.54, 1.807) is 6.20 Å². The van der Waals surface area contributed by atoms with Crippen LogP contribution in [0, 0.1) is 5.92 Å². The molecule has 1 aliphatic carbocycles. The highest BCUT2D eigenvalue weighted by molar-refractivity contribution is 5.86. The van der Waals surface area contributed by atoms with Crippen molar-refractivity contribution < 1.29 is 22.6 Å². The summed E-state index contributed by atoms with van der Waals surface area (Å²) in [6.45, 7) is 7.37. The molecule has 3 aliphatic rings. The molecule has 0 radical (unpaired) electrons. The van der Waals surface area contributed by atoms with Crippen LogP contribution in [-0.2, 0) is 4.74 Å². The summed E-state index contributed by atoms with van der Waals surface area (Å²) in [5.41, 5.74) is 1.78. The molecule has 10 heteroatoms. The Kier molecular flexibility index (Phi) is 8.04. The number of ether oxygens (including phenoxy) is 2. The molecule has 2 aliphatic heterocycles. The molecule has 0 bridgehead atoms. The summed E-state index contributed by atoms with van der Waals surface area (Å²) in [6.07, 6.45) is 5.71. The fourth-order valence-corrected chi connectivity index (χ4v) is 6.00. The molecule has 1 N–H and O–H groups in total. The number of alkyl halides is 3. The summed E-state index contributed by atoms with van der Waals surface area (Å²) in [4.78, 5) is 16.3. The molecular weight excluding hydrogens is 483 g/mol. The number of anilines is 1. The van der Waals surface area contributed by atoms with E-state index in [4.69, 9.17) is 19.4 Å². The second-order valence-electron chi connectivity index (χ2n) is 11.2. The van der Waals surface area contributed by atoms with Gasteiger partial charge in [0.05, 0.1) is 23.9 Å². The van der Waals surface area contributed by atoms with Crippen molar-refractivity contribution in [3.8, 4) is 5.88 Å². The van der Waals surface area contributed by atoms with Crippen LogP contribution in [0.15, 0.2) is 12.4 Å². The summed E-state index contributed by atoms with van der Waals surface area (Å²) in [6, 6.07) is -0.319. The van der Waals surface area contributed by atoms with E-state index in [1.165, 1.54) is 6.92 Å². The molecule has 2 atom stereocenters. The quantitative estimate of drug-likeness (QED) is 0.501. The van der Waals surface area contributed by atoms with E-state index in [1.807, 2.05) is 6.20 Å². The summed E-state index contributed by atoms with van der Waals surface area (Å²) >= 11 is 0. The zero-order valence-electron chi connectivity index (χ0n) is 21.8. The van der Waals surface area contributed by atoms with E-state index < -0.39 is 18.6 Å². The van der Waals surface area contributed by atoms with Crippen LogP contribution < -0.4 is 10.1 Å². The van der Waals surface area contributed by atoms with Crippen LogP contribution in [0.2, 0.25) is 0 Å². The van der Waals surface area contributed by atoms with Gasteiger partial charge in [-0.15, -0.1) is 0 Å². The minimum atomic E-state index is -4.25. The first kappa shape index (κ1) is 26.4. The molecule has 3 fully saturated rings. The maximum Gasteiger partial charge on any atom is 0.391 e. The van der Waals surface area contributed by atoms with Gasteiger partial charge < -0.3 is 14.8 Å². The SMILES string of the molecule is CC1CCC(c2cnc(OC3CCN([C@@H]4CCOC4)CC3)c3cnc(N[C@@H](C)CC(F)(F)F)nc23)CC1. The second-order valence-corrected chi connectivity index (χ2v) is 11.2. The van der Waals surface area contributed by atoms with Gasteiger partial charge in [-0.1, -0.05) is 19.8 Å². The predicted octanol–water partition coefficient (Wildman–Crippen LogP) is 5.70. The fraction of sp³-hybridized carbons (Fsp3) is 0.741. The number of likely N-dealkylation sites (tertiary alicyclic amines) is 1. The molecule has 0 amide bonds. The highest BCUT2D eigenvalue weighted by Crippen LogP contribution is 2.39. The maximum atomic E-state index is 12.9. The molecule has 0 unspecified atom stereocenters. The minimum Gasteiger partial charge on any atom is -0.474 e. The maximum absolute atomic E-state index is 12.9. The Bertz CT molecular complexity index is 1050. The van der Waals surface area contributed by atoms with Crippen LogP contribution in [0.1, 0.15) is 76.7 Å². The Morgan fingerprint density at radius 1 is 1.08 bits per heavy atom. The lowest BCUT2D eigenvalue weighted by molar-refractivity contribution is -0.136. The van der Waals surface area contributed by atoms with E-state index in [0.717, 1.165) is 87.7 Å². The standard InChI is InChI=1S/C27H38F3N5O2/c1-17-3-5-19(6-4-17)22-14-31-25(37-21-7-10-35(11-8-21)20-9-12-36-16-20)23-15-32-26(34-24(22)23)33-18(2)13-27(28,29)30/h14-15,17-21H,3-13,16H2,1-2H3,(H,32,33,34)/t17?,18-,19?,20+/m0/s1.